The van der Waals surface area contributed by atoms with E-state index in [0.29, 0.717) is 31.9 Å². The number of carbonyl (C=O) groups excluding carboxylic acids is 2. The van der Waals surface area contributed by atoms with Gasteiger partial charge in [0.25, 0.3) is 0 Å². The van der Waals surface area contributed by atoms with Gasteiger partial charge >= 0.3 is 12.1 Å². The lowest BCUT2D eigenvalue weighted by atomic mass is 10.0. The van der Waals surface area contributed by atoms with Crippen molar-refractivity contribution in [2.75, 3.05) is 13.1 Å². The van der Waals surface area contributed by atoms with Gasteiger partial charge in [-0.15, -0.1) is 0 Å². The summed E-state index contributed by atoms with van der Waals surface area (Å²) in [4.78, 5) is 35.3. The zero-order valence-electron chi connectivity index (χ0n) is 18.4. The van der Waals surface area contributed by atoms with Crippen LogP contribution in [-0.4, -0.2) is 57.7 Å². The summed E-state index contributed by atoms with van der Waals surface area (Å²) >= 11 is 0. The fourth-order valence-corrected chi connectivity index (χ4v) is 3.07. The summed E-state index contributed by atoms with van der Waals surface area (Å²) in [6.45, 7) is 12.4. The molecule has 1 saturated heterocycles. The molecule has 0 unspecified atom stereocenters. The Morgan fingerprint density at radius 1 is 1.21 bits per heavy atom. The van der Waals surface area contributed by atoms with Gasteiger partial charge in [-0.1, -0.05) is 20.8 Å². The predicted molar refractivity (Wildman–Crippen MR) is 110 cm³/mol. The van der Waals surface area contributed by atoms with Crippen LogP contribution in [0, 0.1) is 5.92 Å². The lowest BCUT2D eigenvalue weighted by Crippen LogP contribution is -2.54. The molecule has 1 aliphatic heterocycles. The number of likely N-dealkylation sites (tertiary alicyclic amines) is 1. The molecule has 2 rings (SSSR count). The van der Waals surface area contributed by atoms with Gasteiger partial charge in [-0.05, 0) is 38.7 Å². The van der Waals surface area contributed by atoms with Gasteiger partial charge in [0, 0.05) is 38.3 Å². The molecule has 0 bridgehead atoms. The molecule has 1 aromatic rings. The normalized spacial score (nSPS) is 16.4. The average Bonchev–Trinajstić information content (AvgIpc) is 2.65. The topological polar surface area (TPSA) is 93.7 Å². The van der Waals surface area contributed by atoms with Crippen molar-refractivity contribution in [3.63, 3.8) is 0 Å². The highest BCUT2D eigenvalue weighted by Crippen LogP contribution is 2.18. The van der Waals surface area contributed by atoms with Crippen LogP contribution >= 0.6 is 0 Å². The lowest BCUT2D eigenvalue weighted by Gasteiger charge is -2.35. The van der Waals surface area contributed by atoms with Crippen LogP contribution in [0.15, 0.2) is 12.4 Å². The van der Waals surface area contributed by atoms with Gasteiger partial charge < -0.3 is 19.7 Å². The van der Waals surface area contributed by atoms with Gasteiger partial charge in [0.1, 0.15) is 17.7 Å². The number of amides is 2. The van der Waals surface area contributed by atoms with E-state index in [2.05, 4.69) is 15.3 Å². The molecule has 1 fully saturated rings. The molecule has 1 aliphatic rings. The Balaban J connectivity index is 1.88. The van der Waals surface area contributed by atoms with Crippen molar-refractivity contribution in [3.05, 3.63) is 18.0 Å². The predicted octanol–water partition coefficient (Wildman–Crippen LogP) is 2.96. The number of piperidine rings is 1. The Hall–Kier alpha value is -2.38. The van der Waals surface area contributed by atoms with Gasteiger partial charge in [0.05, 0.1) is 0 Å². The number of aryl methyl sites for hydroxylation is 1. The molecule has 0 radical (unpaired) electrons. The van der Waals surface area contributed by atoms with Crippen molar-refractivity contribution in [3.8, 4) is 6.01 Å². The van der Waals surface area contributed by atoms with E-state index in [0.717, 1.165) is 12.0 Å². The fourth-order valence-electron chi connectivity index (χ4n) is 3.07. The fraction of sp³-hybridized carbons (Fsp3) is 0.714. The molecule has 8 heteroatoms. The maximum absolute atomic E-state index is 13.0. The van der Waals surface area contributed by atoms with Crippen LogP contribution in [0.2, 0.25) is 0 Å². The highest BCUT2D eigenvalue weighted by Gasteiger charge is 2.33. The molecule has 0 aliphatic carbocycles. The van der Waals surface area contributed by atoms with E-state index in [1.54, 1.807) is 38.1 Å². The molecule has 162 valence electrons. The van der Waals surface area contributed by atoms with Crippen LogP contribution in [0.25, 0.3) is 0 Å². The molecule has 1 N–H and O–H groups in total. The van der Waals surface area contributed by atoms with Crippen LogP contribution in [0.4, 0.5) is 4.79 Å². The van der Waals surface area contributed by atoms with Crippen molar-refractivity contribution in [2.45, 2.75) is 78.6 Å². The molecular weight excluding hydrogens is 372 g/mol. The number of hydrogen-bond donors (Lipinski definition) is 1. The minimum absolute atomic E-state index is 0.0251. The molecule has 2 heterocycles. The van der Waals surface area contributed by atoms with E-state index < -0.39 is 17.7 Å². The summed E-state index contributed by atoms with van der Waals surface area (Å²) < 4.78 is 11.2. The molecule has 29 heavy (non-hydrogen) atoms. The third-order valence-electron chi connectivity index (χ3n) is 4.72. The van der Waals surface area contributed by atoms with E-state index in [1.165, 1.54) is 0 Å². The first-order chi connectivity index (χ1) is 13.6. The largest absolute Gasteiger partial charge is 0.460 e. The van der Waals surface area contributed by atoms with Gasteiger partial charge in [0.15, 0.2) is 0 Å². The van der Waals surface area contributed by atoms with Crippen molar-refractivity contribution >= 4 is 12.0 Å². The van der Waals surface area contributed by atoms with Gasteiger partial charge in [-0.25, -0.2) is 14.8 Å². The summed E-state index contributed by atoms with van der Waals surface area (Å²) in [6, 6.07) is -0.245. The molecular formula is C21H34N4O4. The van der Waals surface area contributed by atoms with Crippen molar-refractivity contribution in [1.29, 1.82) is 0 Å². The Morgan fingerprint density at radius 3 is 2.28 bits per heavy atom. The standard InChI is InChI=1S/C21H34N4O4/c1-7-15-12-22-19(23-13-15)28-16-8-10-25(11-9-16)18(26)17(14(2)3)24-20(27)29-21(4,5)6/h12-14,16-17H,7-11H2,1-6H3,(H,24,27)/t17-/m0/s1. The number of alkyl carbamates (subject to hydrolysis) is 1. The Morgan fingerprint density at radius 2 is 1.79 bits per heavy atom. The Kier molecular flexibility index (Phi) is 7.81. The van der Waals surface area contributed by atoms with Crippen LogP contribution < -0.4 is 10.1 Å². The lowest BCUT2D eigenvalue weighted by molar-refractivity contribution is -0.136. The van der Waals surface area contributed by atoms with Gasteiger partial charge in [0.2, 0.25) is 5.91 Å². The quantitative estimate of drug-likeness (QED) is 0.781. The van der Waals surface area contributed by atoms with Crippen molar-refractivity contribution in [1.82, 2.24) is 20.2 Å². The number of carbonyl (C=O) groups is 2. The maximum Gasteiger partial charge on any atom is 0.408 e. The highest BCUT2D eigenvalue weighted by molar-refractivity contribution is 5.86. The second-order valence-corrected chi connectivity index (χ2v) is 8.74. The van der Waals surface area contributed by atoms with Crippen molar-refractivity contribution in [2.24, 2.45) is 5.92 Å². The summed E-state index contributed by atoms with van der Waals surface area (Å²) in [5.41, 5.74) is 0.455. The first-order valence-corrected chi connectivity index (χ1v) is 10.3. The number of rotatable bonds is 6. The molecule has 8 nitrogen and oxygen atoms in total. The minimum Gasteiger partial charge on any atom is -0.460 e. The van der Waals surface area contributed by atoms with Crippen molar-refractivity contribution < 1.29 is 19.1 Å². The van der Waals surface area contributed by atoms with E-state index in [-0.39, 0.29) is 17.9 Å². The molecule has 0 aromatic carbocycles. The second kappa shape index (κ2) is 9.89. The summed E-state index contributed by atoms with van der Waals surface area (Å²) in [5.74, 6) is -0.137. The van der Waals surface area contributed by atoms with E-state index in [9.17, 15) is 9.59 Å². The van der Waals surface area contributed by atoms with Gasteiger partial charge in [-0.2, -0.15) is 0 Å². The Bertz CT molecular complexity index is 677. The third kappa shape index (κ3) is 7.18. The highest BCUT2D eigenvalue weighted by atomic mass is 16.6. The summed E-state index contributed by atoms with van der Waals surface area (Å²) in [5, 5.41) is 2.73. The smallest absolute Gasteiger partial charge is 0.408 e. The maximum atomic E-state index is 13.0. The third-order valence-corrected chi connectivity index (χ3v) is 4.72. The first kappa shape index (κ1) is 22.9. The number of hydrogen-bond acceptors (Lipinski definition) is 6. The van der Waals surface area contributed by atoms with E-state index >= 15 is 0 Å². The number of nitrogens with one attached hydrogen (secondary N) is 1. The van der Waals surface area contributed by atoms with Crippen LogP contribution in [0.5, 0.6) is 6.01 Å². The number of nitrogens with zero attached hydrogens (tertiary/aromatic N) is 3. The Labute approximate surface area is 173 Å². The van der Waals surface area contributed by atoms with Crippen LogP contribution in [-0.2, 0) is 16.0 Å². The molecule has 1 atom stereocenters. The molecule has 0 spiro atoms. The van der Waals surface area contributed by atoms with Crippen LogP contribution in [0.1, 0.15) is 59.9 Å². The molecule has 2 amide bonds. The second-order valence-electron chi connectivity index (χ2n) is 8.74. The molecule has 1 aromatic heterocycles. The minimum atomic E-state index is -0.618. The SMILES string of the molecule is CCc1cnc(OC2CCN(C(=O)[C@@H](NC(=O)OC(C)(C)C)C(C)C)CC2)nc1. The van der Waals surface area contributed by atoms with Crippen LogP contribution in [0.3, 0.4) is 0 Å². The zero-order chi connectivity index (χ0) is 21.6. The summed E-state index contributed by atoms with van der Waals surface area (Å²) in [7, 11) is 0. The van der Waals surface area contributed by atoms with E-state index in [1.807, 2.05) is 20.8 Å². The monoisotopic (exact) mass is 406 g/mol. The summed E-state index contributed by atoms with van der Waals surface area (Å²) in [6.07, 6.45) is 5.23. The van der Waals surface area contributed by atoms with Gasteiger partial charge in [-0.3, -0.25) is 4.79 Å². The first-order valence-electron chi connectivity index (χ1n) is 10.3. The molecule has 0 saturated carbocycles. The zero-order valence-corrected chi connectivity index (χ0v) is 18.4. The number of ether oxygens (including phenoxy) is 2. The average molecular weight is 407 g/mol. The number of aromatic nitrogens is 2. The van der Waals surface area contributed by atoms with E-state index in [4.69, 9.17) is 9.47 Å².